The van der Waals surface area contributed by atoms with Crippen LogP contribution in [0.4, 0.5) is 0 Å². The Hall–Kier alpha value is -1.28. The minimum atomic E-state index is 0.531. The maximum atomic E-state index is 5.82. The maximum absolute atomic E-state index is 5.82. The molecule has 0 bridgehead atoms. The van der Waals surface area contributed by atoms with E-state index in [1.54, 1.807) is 4.68 Å². The molecule has 72 valence electrons. The highest BCUT2D eigenvalue weighted by Crippen LogP contribution is 2.22. The lowest BCUT2D eigenvalue weighted by atomic mass is 10.1. The van der Waals surface area contributed by atoms with Crippen LogP contribution in [0.2, 0.25) is 5.15 Å². The van der Waals surface area contributed by atoms with E-state index in [-0.39, 0.29) is 0 Å². The minimum absolute atomic E-state index is 0.531. The van der Waals surface area contributed by atoms with Crippen LogP contribution in [0.5, 0.6) is 0 Å². The molecule has 0 saturated carbocycles. The zero-order valence-electron chi connectivity index (χ0n) is 8.16. The third-order valence-corrected chi connectivity index (χ3v) is 2.35. The topological polar surface area (TPSA) is 17.8 Å². The molecule has 0 amide bonds. The summed E-state index contributed by atoms with van der Waals surface area (Å²) in [6.07, 6.45) is 0. The van der Waals surface area contributed by atoms with E-state index in [1.807, 2.05) is 19.2 Å². The average Bonchev–Trinajstić information content (AvgIpc) is 2.45. The Labute approximate surface area is 88.1 Å². The van der Waals surface area contributed by atoms with Gasteiger partial charge >= 0.3 is 0 Å². The van der Waals surface area contributed by atoms with E-state index in [9.17, 15) is 0 Å². The van der Waals surface area contributed by atoms with Crippen LogP contribution < -0.4 is 0 Å². The summed E-state index contributed by atoms with van der Waals surface area (Å²) >= 11 is 5.82. The van der Waals surface area contributed by atoms with Crippen LogP contribution in [-0.2, 0) is 7.05 Å². The molecule has 1 heterocycles. The van der Waals surface area contributed by atoms with Gasteiger partial charge in [0.05, 0.1) is 5.69 Å². The van der Waals surface area contributed by atoms with Gasteiger partial charge in [-0.15, -0.1) is 0 Å². The fraction of sp³-hybridized carbons (Fsp3) is 0.182. The fourth-order valence-electron chi connectivity index (χ4n) is 1.51. The van der Waals surface area contributed by atoms with E-state index in [2.05, 4.69) is 30.2 Å². The molecule has 2 nitrogen and oxygen atoms in total. The van der Waals surface area contributed by atoms with Gasteiger partial charge < -0.3 is 0 Å². The second-order valence-electron chi connectivity index (χ2n) is 3.35. The van der Waals surface area contributed by atoms with Crippen LogP contribution in [0.1, 0.15) is 5.56 Å². The van der Waals surface area contributed by atoms with Crippen LogP contribution in [0.3, 0.4) is 0 Å². The molecule has 0 unspecified atom stereocenters. The average molecular weight is 207 g/mol. The predicted octanol–water partition coefficient (Wildman–Crippen LogP) is 3.05. The monoisotopic (exact) mass is 206 g/mol. The van der Waals surface area contributed by atoms with Gasteiger partial charge in [0.25, 0.3) is 0 Å². The number of rotatable bonds is 1. The second kappa shape index (κ2) is 3.46. The van der Waals surface area contributed by atoms with Crippen molar-refractivity contribution >= 4 is 11.6 Å². The minimum Gasteiger partial charge on any atom is -0.266 e. The Morgan fingerprint density at radius 3 is 2.64 bits per heavy atom. The van der Waals surface area contributed by atoms with Crippen molar-refractivity contribution in [3.8, 4) is 11.3 Å². The second-order valence-corrected chi connectivity index (χ2v) is 3.73. The highest BCUT2D eigenvalue weighted by atomic mass is 35.5. The smallest absolute Gasteiger partial charge is 0.151 e. The number of aromatic nitrogens is 2. The van der Waals surface area contributed by atoms with Crippen molar-refractivity contribution in [2.45, 2.75) is 6.92 Å². The molecule has 0 aliphatic rings. The van der Waals surface area contributed by atoms with Crippen LogP contribution in [-0.4, -0.2) is 9.78 Å². The molecule has 0 fully saturated rings. The van der Waals surface area contributed by atoms with Crippen molar-refractivity contribution in [3.05, 3.63) is 41.0 Å². The van der Waals surface area contributed by atoms with E-state index in [0.717, 1.165) is 11.3 Å². The number of hydrogen-bond donors (Lipinski definition) is 0. The quantitative estimate of drug-likeness (QED) is 0.701. The highest BCUT2D eigenvalue weighted by Gasteiger charge is 2.05. The van der Waals surface area contributed by atoms with Crippen LogP contribution in [0.15, 0.2) is 30.3 Å². The predicted molar refractivity (Wildman–Crippen MR) is 58.4 cm³/mol. The molecular formula is C11H11ClN2. The van der Waals surface area contributed by atoms with Crippen molar-refractivity contribution in [2.24, 2.45) is 7.05 Å². The summed E-state index contributed by atoms with van der Waals surface area (Å²) in [7, 11) is 1.89. The molecule has 2 aromatic rings. The molecular weight excluding hydrogens is 196 g/mol. The molecule has 0 aliphatic carbocycles. The summed E-state index contributed by atoms with van der Waals surface area (Å²) in [5.74, 6) is 0. The van der Waals surface area contributed by atoms with Gasteiger partial charge in [0.15, 0.2) is 5.15 Å². The van der Waals surface area contributed by atoms with Gasteiger partial charge in [0, 0.05) is 18.7 Å². The van der Waals surface area contributed by atoms with Crippen molar-refractivity contribution in [3.63, 3.8) is 0 Å². The van der Waals surface area contributed by atoms with E-state index in [1.165, 1.54) is 5.56 Å². The van der Waals surface area contributed by atoms with Gasteiger partial charge in [-0.3, -0.25) is 4.68 Å². The SMILES string of the molecule is Cc1cccc(-c2cc(Cl)nn2C)c1. The van der Waals surface area contributed by atoms with E-state index < -0.39 is 0 Å². The fourth-order valence-corrected chi connectivity index (χ4v) is 1.72. The Bertz CT molecular complexity index is 460. The lowest BCUT2D eigenvalue weighted by molar-refractivity contribution is 0.776. The number of hydrogen-bond acceptors (Lipinski definition) is 1. The summed E-state index contributed by atoms with van der Waals surface area (Å²) in [4.78, 5) is 0. The van der Waals surface area contributed by atoms with Crippen LogP contribution in [0.25, 0.3) is 11.3 Å². The maximum Gasteiger partial charge on any atom is 0.151 e. The first-order valence-electron chi connectivity index (χ1n) is 4.43. The van der Waals surface area contributed by atoms with Crippen molar-refractivity contribution in [2.75, 3.05) is 0 Å². The standard InChI is InChI=1S/C11H11ClN2/c1-8-4-3-5-9(6-8)10-7-11(12)13-14(10)2/h3-7H,1-2H3. The molecule has 1 aromatic carbocycles. The van der Waals surface area contributed by atoms with E-state index >= 15 is 0 Å². The lowest BCUT2D eigenvalue weighted by Gasteiger charge is -2.02. The van der Waals surface area contributed by atoms with Crippen molar-refractivity contribution in [1.29, 1.82) is 0 Å². The van der Waals surface area contributed by atoms with Gasteiger partial charge in [-0.1, -0.05) is 35.4 Å². The molecule has 0 spiro atoms. The molecule has 14 heavy (non-hydrogen) atoms. The number of nitrogens with zero attached hydrogens (tertiary/aromatic N) is 2. The molecule has 0 radical (unpaired) electrons. The van der Waals surface area contributed by atoms with E-state index in [0.29, 0.717) is 5.15 Å². The molecule has 0 saturated heterocycles. The summed E-state index contributed by atoms with van der Waals surface area (Å²) in [5, 5.41) is 4.63. The molecule has 3 heteroatoms. The Kier molecular flexibility index (Phi) is 2.30. The normalized spacial score (nSPS) is 10.5. The molecule has 1 aromatic heterocycles. The van der Waals surface area contributed by atoms with Crippen molar-refractivity contribution in [1.82, 2.24) is 9.78 Å². The lowest BCUT2D eigenvalue weighted by Crippen LogP contribution is -1.93. The first kappa shape index (κ1) is 9.28. The Balaban J connectivity index is 2.54. The molecule has 2 rings (SSSR count). The van der Waals surface area contributed by atoms with Crippen LogP contribution in [0, 0.1) is 6.92 Å². The molecule has 0 aliphatic heterocycles. The summed E-state index contributed by atoms with van der Waals surface area (Å²) in [5.41, 5.74) is 3.42. The van der Waals surface area contributed by atoms with Gasteiger partial charge in [-0.2, -0.15) is 5.10 Å². The zero-order valence-corrected chi connectivity index (χ0v) is 8.92. The zero-order chi connectivity index (χ0) is 10.1. The first-order chi connectivity index (χ1) is 6.66. The summed E-state index contributed by atoms with van der Waals surface area (Å²) < 4.78 is 1.79. The van der Waals surface area contributed by atoms with E-state index in [4.69, 9.17) is 11.6 Å². The van der Waals surface area contributed by atoms with Gasteiger partial charge in [-0.05, 0) is 13.0 Å². The summed E-state index contributed by atoms with van der Waals surface area (Å²) in [6.45, 7) is 2.07. The first-order valence-corrected chi connectivity index (χ1v) is 4.81. The van der Waals surface area contributed by atoms with Gasteiger partial charge in [0.1, 0.15) is 0 Å². The summed E-state index contributed by atoms with van der Waals surface area (Å²) in [6, 6.07) is 10.1. The molecule has 0 atom stereocenters. The Morgan fingerprint density at radius 1 is 1.29 bits per heavy atom. The largest absolute Gasteiger partial charge is 0.266 e. The highest BCUT2D eigenvalue weighted by molar-refractivity contribution is 6.29. The number of halogens is 1. The van der Waals surface area contributed by atoms with Crippen molar-refractivity contribution < 1.29 is 0 Å². The number of aryl methyl sites for hydroxylation is 2. The molecule has 0 N–H and O–H groups in total. The Morgan fingerprint density at radius 2 is 2.07 bits per heavy atom. The third-order valence-electron chi connectivity index (χ3n) is 2.16. The van der Waals surface area contributed by atoms with Crippen LogP contribution >= 0.6 is 11.6 Å². The van der Waals surface area contributed by atoms with Gasteiger partial charge in [0.2, 0.25) is 0 Å². The number of benzene rings is 1. The van der Waals surface area contributed by atoms with Gasteiger partial charge in [-0.25, -0.2) is 0 Å². The third kappa shape index (κ3) is 1.66.